The Kier molecular flexibility index (Phi) is 5.69. The van der Waals surface area contributed by atoms with Crippen LogP contribution < -0.4 is 10.1 Å². The summed E-state index contributed by atoms with van der Waals surface area (Å²) >= 11 is 9.33. The molecule has 1 aliphatic rings. The number of ether oxygens (including phenoxy) is 1. The largest absolute Gasteiger partial charge is 0.494 e. The summed E-state index contributed by atoms with van der Waals surface area (Å²) in [6.45, 7) is 4.42. The Morgan fingerprint density at radius 3 is 2.71 bits per heavy atom. The van der Waals surface area contributed by atoms with Gasteiger partial charge in [0, 0.05) is 35.1 Å². The standard InChI is InChI=1S/C22H22BrN3OS/c1-2-27-19-10-8-16(9-11-19)21-20-7-4-12-25(20)13-14-26(21)22(28)24-18-6-3-5-17(23)15-18/h3-12,15,21H,2,13-14H2,1H3,(H,24,28)/t21-/m1/s1. The monoisotopic (exact) mass is 455 g/mol. The van der Waals surface area contributed by atoms with E-state index < -0.39 is 0 Å². The number of nitrogens with zero attached hydrogens (tertiary/aromatic N) is 2. The van der Waals surface area contributed by atoms with Gasteiger partial charge in [-0.3, -0.25) is 0 Å². The van der Waals surface area contributed by atoms with E-state index in [4.69, 9.17) is 17.0 Å². The molecule has 0 aliphatic carbocycles. The van der Waals surface area contributed by atoms with Gasteiger partial charge in [-0.15, -0.1) is 0 Å². The van der Waals surface area contributed by atoms with E-state index >= 15 is 0 Å². The molecular weight excluding hydrogens is 434 g/mol. The van der Waals surface area contributed by atoms with Crippen LogP contribution in [0.4, 0.5) is 5.69 Å². The Balaban J connectivity index is 1.64. The molecule has 4 nitrogen and oxygen atoms in total. The molecule has 28 heavy (non-hydrogen) atoms. The number of hydrogen-bond donors (Lipinski definition) is 1. The van der Waals surface area contributed by atoms with E-state index in [1.807, 2.05) is 43.3 Å². The van der Waals surface area contributed by atoms with Gasteiger partial charge in [-0.2, -0.15) is 0 Å². The normalized spacial score (nSPS) is 15.8. The summed E-state index contributed by atoms with van der Waals surface area (Å²) in [6, 6.07) is 20.7. The highest BCUT2D eigenvalue weighted by molar-refractivity contribution is 9.10. The van der Waals surface area contributed by atoms with Gasteiger partial charge in [0.1, 0.15) is 5.75 Å². The maximum atomic E-state index is 5.81. The Labute approximate surface area is 179 Å². The van der Waals surface area contributed by atoms with Crippen molar-refractivity contribution >= 4 is 38.9 Å². The summed E-state index contributed by atoms with van der Waals surface area (Å²) in [5, 5.41) is 4.13. The lowest BCUT2D eigenvalue weighted by Crippen LogP contribution is -2.44. The van der Waals surface area contributed by atoms with E-state index in [0.29, 0.717) is 6.61 Å². The predicted octanol–water partition coefficient (Wildman–Crippen LogP) is 5.45. The minimum Gasteiger partial charge on any atom is -0.494 e. The number of thiocarbonyl (C=S) groups is 1. The first-order valence-corrected chi connectivity index (χ1v) is 10.6. The average molecular weight is 456 g/mol. The van der Waals surface area contributed by atoms with Crippen molar-refractivity contribution < 1.29 is 4.74 Å². The highest BCUT2D eigenvalue weighted by Crippen LogP contribution is 2.34. The zero-order valence-electron chi connectivity index (χ0n) is 15.6. The third kappa shape index (κ3) is 3.93. The maximum absolute atomic E-state index is 5.81. The van der Waals surface area contributed by atoms with Crippen LogP contribution in [0, 0.1) is 0 Å². The fourth-order valence-electron chi connectivity index (χ4n) is 3.63. The molecule has 0 saturated carbocycles. The number of rotatable bonds is 4. The Morgan fingerprint density at radius 2 is 1.96 bits per heavy atom. The molecular formula is C22H22BrN3OS. The van der Waals surface area contributed by atoms with E-state index in [-0.39, 0.29) is 6.04 Å². The second-order valence-corrected chi connectivity index (χ2v) is 7.97. The topological polar surface area (TPSA) is 29.4 Å². The number of hydrogen-bond acceptors (Lipinski definition) is 2. The van der Waals surface area contributed by atoms with Crippen LogP contribution in [0.2, 0.25) is 0 Å². The molecule has 0 radical (unpaired) electrons. The number of halogens is 1. The number of aromatic nitrogens is 1. The van der Waals surface area contributed by atoms with Crippen molar-refractivity contribution in [3.63, 3.8) is 0 Å². The Bertz CT molecular complexity index is 970. The van der Waals surface area contributed by atoms with Crippen molar-refractivity contribution in [2.45, 2.75) is 19.5 Å². The van der Waals surface area contributed by atoms with Gasteiger partial charge in [-0.25, -0.2) is 0 Å². The summed E-state index contributed by atoms with van der Waals surface area (Å²) in [5.74, 6) is 0.888. The molecule has 0 unspecified atom stereocenters. The molecule has 1 N–H and O–H groups in total. The second kappa shape index (κ2) is 8.37. The van der Waals surface area contributed by atoms with Gasteiger partial charge in [0.25, 0.3) is 0 Å². The molecule has 0 saturated heterocycles. The van der Waals surface area contributed by atoms with Crippen molar-refractivity contribution in [2.24, 2.45) is 0 Å². The van der Waals surface area contributed by atoms with Crippen molar-refractivity contribution in [3.8, 4) is 5.75 Å². The number of fused-ring (bicyclic) bond motifs is 1. The lowest BCUT2D eigenvalue weighted by molar-refractivity contribution is 0.293. The van der Waals surface area contributed by atoms with Gasteiger partial charge in [0.15, 0.2) is 5.11 Å². The summed E-state index contributed by atoms with van der Waals surface area (Å²) in [5.41, 5.74) is 3.42. The van der Waals surface area contributed by atoms with E-state index in [0.717, 1.165) is 34.1 Å². The van der Waals surface area contributed by atoms with Gasteiger partial charge < -0.3 is 19.5 Å². The molecule has 3 aromatic rings. The average Bonchev–Trinajstić information content (AvgIpc) is 3.17. The molecule has 0 spiro atoms. The molecule has 2 heterocycles. The van der Waals surface area contributed by atoms with Crippen molar-refractivity contribution in [1.29, 1.82) is 0 Å². The molecule has 1 aromatic heterocycles. The van der Waals surface area contributed by atoms with Gasteiger partial charge in [0.05, 0.1) is 12.6 Å². The first-order chi connectivity index (χ1) is 13.7. The predicted molar refractivity (Wildman–Crippen MR) is 121 cm³/mol. The first-order valence-electron chi connectivity index (χ1n) is 9.36. The van der Waals surface area contributed by atoms with E-state index in [1.165, 1.54) is 11.3 Å². The smallest absolute Gasteiger partial charge is 0.174 e. The molecule has 1 aliphatic heterocycles. The van der Waals surface area contributed by atoms with E-state index in [1.54, 1.807) is 0 Å². The Morgan fingerprint density at radius 1 is 1.14 bits per heavy atom. The van der Waals surface area contributed by atoms with E-state index in [9.17, 15) is 0 Å². The third-order valence-corrected chi connectivity index (χ3v) is 5.71. The molecule has 4 rings (SSSR count). The molecule has 144 valence electrons. The molecule has 1 atom stereocenters. The quantitative estimate of drug-likeness (QED) is 0.529. The lowest BCUT2D eigenvalue weighted by atomic mass is 10.00. The summed E-state index contributed by atoms with van der Waals surface area (Å²) in [7, 11) is 0. The fourth-order valence-corrected chi connectivity index (χ4v) is 4.34. The highest BCUT2D eigenvalue weighted by Gasteiger charge is 2.30. The van der Waals surface area contributed by atoms with Crippen LogP contribution in [0.3, 0.4) is 0 Å². The van der Waals surface area contributed by atoms with Gasteiger partial charge in [0.2, 0.25) is 0 Å². The van der Waals surface area contributed by atoms with Gasteiger partial charge in [-0.1, -0.05) is 34.1 Å². The molecule has 0 amide bonds. The van der Waals surface area contributed by atoms with Crippen LogP contribution in [0.1, 0.15) is 24.2 Å². The van der Waals surface area contributed by atoms with Crippen molar-refractivity contribution in [3.05, 3.63) is 82.6 Å². The zero-order chi connectivity index (χ0) is 19.5. The minimum atomic E-state index is 0.0616. The molecule has 0 bridgehead atoms. The number of nitrogens with one attached hydrogen (secondary N) is 1. The maximum Gasteiger partial charge on any atom is 0.174 e. The third-order valence-electron chi connectivity index (χ3n) is 4.88. The summed E-state index contributed by atoms with van der Waals surface area (Å²) in [4.78, 5) is 2.27. The lowest BCUT2D eigenvalue weighted by Gasteiger charge is -2.39. The Hall–Kier alpha value is -2.31. The summed E-state index contributed by atoms with van der Waals surface area (Å²) in [6.07, 6.45) is 2.14. The number of benzene rings is 2. The van der Waals surface area contributed by atoms with Gasteiger partial charge in [-0.05, 0) is 67.2 Å². The van der Waals surface area contributed by atoms with Crippen LogP contribution in [0.5, 0.6) is 5.75 Å². The SMILES string of the molecule is CCOc1ccc([C@@H]2c3cccn3CCN2C(=S)Nc2cccc(Br)c2)cc1. The molecule has 2 aromatic carbocycles. The van der Waals surface area contributed by atoms with Gasteiger partial charge >= 0.3 is 0 Å². The van der Waals surface area contributed by atoms with Crippen LogP contribution in [0.25, 0.3) is 0 Å². The number of anilines is 1. The zero-order valence-corrected chi connectivity index (χ0v) is 18.0. The van der Waals surface area contributed by atoms with Crippen LogP contribution in [-0.2, 0) is 6.54 Å². The minimum absolute atomic E-state index is 0.0616. The van der Waals surface area contributed by atoms with Crippen LogP contribution in [0.15, 0.2) is 71.3 Å². The molecule has 0 fully saturated rings. The van der Waals surface area contributed by atoms with Crippen molar-refractivity contribution in [1.82, 2.24) is 9.47 Å². The summed E-state index contributed by atoms with van der Waals surface area (Å²) < 4.78 is 8.93. The van der Waals surface area contributed by atoms with Crippen LogP contribution >= 0.6 is 28.1 Å². The molecule has 6 heteroatoms. The van der Waals surface area contributed by atoms with E-state index in [2.05, 4.69) is 61.2 Å². The van der Waals surface area contributed by atoms with Crippen LogP contribution in [-0.4, -0.2) is 27.7 Å². The highest BCUT2D eigenvalue weighted by atomic mass is 79.9. The second-order valence-electron chi connectivity index (χ2n) is 6.66. The van der Waals surface area contributed by atoms with Crippen molar-refractivity contribution in [2.75, 3.05) is 18.5 Å². The fraction of sp³-hybridized carbons (Fsp3) is 0.227. The first kappa shape index (κ1) is 19.0.